The lowest BCUT2D eigenvalue weighted by atomic mass is 10.2. The summed E-state index contributed by atoms with van der Waals surface area (Å²) < 4.78 is 21.0. The third-order valence-corrected chi connectivity index (χ3v) is 4.87. The monoisotopic (exact) mass is 377 g/mol. The zero-order valence-corrected chi connectivity index (χ0v) is 14.8. The number of hydrogen-bond acceptors (Lipinski definition) is 4. The molecule has 8 heteroatoms. The van der Waals surface area contributed by atoms with E-state index in [1.54, 1.807) is 45.1 Å². The number of para-hydroxylation sites is 1. The molecule has 1 aliphatic heterocycles. The van der Waals surface area contributed by atoms with E-state index in [9.17, 15) is 9.18 Å². The smallest absolute Gasteiger partial charge is 0.325 e. The summed E-state index contributed by atoms with van der Waals surface area (Å²) in [6, 6.07) is 11.9. The van der Waals surface area contributed by atoms with Gasteiger partial charge in [0.1, 0.15) is 17.8 Å². The van der Waals surface area contributed by atoms with Crippen molar-refractivity contribution < 1.29 is 13.6 Å². The van der Waals surface area contributed by atoms with Gasteiger partial charge < -0.3 is 9.32 Å². The van der Waals surface area contributed by atoms with Crippen LogP contribution in [-0.2, 0) is 6.54 Å². The molecule has 2 aromatic heterocycles. The number of hydrogen-bond donors (Lipinski definition) is 0. The highest BCUT2D eigenvalue weighted by Gasteiger charge is 2.31. The Morgan fingerprint density at radius 2 is 1.93 bits per heavy atom. The van der Waals surface area contributed by atoms with Crippen molar-refractivity contribution in [3.8, 4) is 5.69 Å². The fourth-order valence-corrected chi connectivity index (χ4v) is 3.53. The first-order valence-corrected chi connectivity index (χ1v) is 8.89. The van der Waals surface area contributed by atoms with Crippen LogP contribution in [0.1, 0.15) is 5.89 Å². The second-order valence-corrected chi connectivity index (χ2v) is 6.50. The Morgan fingerprint density at radius 1 is 1.07 bits per heavy atom. The van der Waals surface area contributed by atoms with Crippen LogP contribution in [0.4, 0.5) is 14.9 Å². The van der Waals surface area contributed by atoms with Crippen molar-refractivity contribution in [3.05, 3.63) is 72.8 Å². The van der Waals surface area contributed by atoms with Gasteiger partial charge in [-0.2, -0.15) is 5.10 Å². The zero-order valence-electron chi connectivity index (χ0n) is 14.8. The molecule has 0 saturated carbocycles. The van der Waals surface area contributed by atoms with Gasteiger partial charge in [0.2, 0.25) is 5.89 Å². The minimum Gasteiger partial charge on any atom is -0.447 e. The predicted molar refractivity (Wildman–Crippen MR) is 101 cm³/mol. The molecule has 28 heavy (non-hydrogen) atoms. The molecule has 2 amide bonds. The van der Waals surface area contributed by atoms with E-state index in [1.807, 2.05) is 18.2 Å². The number of nitrogens with zero attached hydrogens (tertiary/aromatic N) is 5. The Hall–Kier alpha value is -3.68. The molecule has 1 aliphatic rings. The Kier molecular flexibility index (Phi) is 3.82. The van der Waals surface area contributed by atoms with Crippen molar-refractivity contribution in [2.45, 2.75) is 6.54 Å². The fraction of sp³-hybridized carbons (Fsp3) is 0.150. The van der Waals surface area contributed by atoms with Crippen molar-refractivity contribution in [3.63, 3.8) is 0 Å². The summed E-state index contributed by atoms with van der Waals surface area (Å²) in [6.07, 6.45) is 4.72. The Morgan fingerprint density at radius 3 is 2.75 bits per heavy atom. The molecule has 1 saturated heterocycles. The van der Waals surface area contributed by atoms with Gasteiger partial charge in [-0.05, 0) is 24.3 Å². The number of halogens is 1. The maximum atomic E-state index is 14.2. The number of benzene rings is 2. The Balaban J connectivity index is 1.50. The lowest BCUT2D eigenvalue weighted by molar-refractivity contribution is 0.213. The molecule has 0 spiro atoms. The summed E-state index contributed by atoms with van der Waals surface area (Å²) in [5, 5.41) is 5.15. The van der Waals surface area contributed by atoms with E-state index in [0.29, 0.717) is 31.2 Å². The molecule has 0 aliphatic carbocycles. The van der Waals surface area contributed by atoms with E-state index in [-0.39, 0.29) is 11.8 Å². The predicted octanol–water partition coefficient (Wildman–Crippen LogP) is 3.59. The Bertz CT molecular complexity index is 1150. The van der Waals surface area contributed by atoms with Crippen LogP contribution in [0, 0.1) is 5.82 Å². The second-order valence-electron chi connectivity index (χ2n) is 6.50. The molecule has 0 radical (unpaired) electrons. The first-order valence-electron chi connectivity index (χ1n) is 8.89. The van der Waals surface area contributed by atoms with E-state index in [1.165, 1.54) is 12.3 Å². The maximum absolute atomic E-state index is 14.2. The number of rotatable bonds is 4. The number of anilines is 1. The van der Waals surface area contributed by atoms with Crippen LogP contribution in [0.3, 0.4) is 0 Å². The first-order chi connectivity index (χ1) is 13.7. The summed E-state index contributed by atoms with van der Waals surface area (Å²) in [7, 11) is 0. The number of carbonyl (C=O) groups is 1. The minimum atomic E-state index is -0.354. The molecule has 7 nitrogen and oxygen atoms in total. The van der Waals surface area contributed by atoms with Crippen molar-refractivity contribution in [2.75, 3.05) is 18.0 Å². The fourth-order valence-electron chi connectivity index (χ4n) is 3.53. The highest BCUT2D eigenvalue weighted by molar-refractivity contribution is 6.03. The molecule has 3 heterocycles. The molecule has 0 atom stereocenters. The SMILES string of the molecule is O=C1N(Cc2ncco2)CCN1c1cccc2c1cnn2-c1ccccc1F. The van der Waals surface area contributed by atoms with Crippen LogP contribution in [0.15, 0.2) is 65.5 Å². The Labute approximate surface area is 159 Å². The lowest BCUT2D eigenvalue weighted by Crippen LogP contribution is -2.31. The standard InChI is InChI=1S/C20H16FN5O2/c21-15-4-1-2-5-18(15)26-17-7-3-6-16(14(17)12-23-26)25-10-9-24(20(25)27)13-19-22-8-11-28-19/h1-8,11-12H,9-10,13H2. The van der Waals surface area contributed by atoms with E-state index >= 15 is 0 Å². The normalized spacial score (nSPS) is 14.4. The van der Waals surface area contributed by atoms with Crippen LogP contribution in [0.5, 0.6) is 0 Å². The minimum absolute atomic E-state index is 0.121. The number of amides is 2. The number of oxazole rings is 1. The molecule has 1 fully saturated rings. The van der Waals surface area contributed by atoms with E-state index in [0.717, 1.165) is 16.6 Å². The maximum Gasteiger partial charge on any atom is 0.325 e. The van der Waals surface area contributed by atoms with E-state index < -0.39 is 0 Å². The highest BCUT2D eigenvalue weighted by Crippen LogP contribution is 2.31. The van der Waals surface area contributed by atoms with Crippen molar-refractivity contribution in [1.29, 1.82) is 0 Å². The summed E-state index contributed by atoms with van der Waals surface area (Å²) in [5.41, 5.74) is 1.86. The van der Waals surface area contributed by atoms with Crippen LogP contribution in [0.25, 0.3) is 16.6 Å². The van der Waals surface area contributed by atoms with Crippen molar-refractivity contribution in [1.82, 2.24) is 19.7 Å². The molecule has 0 bridgehead atoms. The number of fused-ring (bicyclic) bond motifs is 1. The van der Waals surface area contributed by atoms with Gasteiger partial charge in [0, 0.05) is 18.5 Å². The summed E-state index contributed by atoms with van der Waals surface area (Å²) in [6.45, 7) is 1.44. The largest absolute Gasteiger partial charge is 0.447 e. The molecule has 140 valence electrons. The lowest BCUT2D eigenvalue weighted by Gasteiger charge is -2.18. The third kappa shape index (κ3) is 2.61. The van der Waals surface area contributed by atoms with Gasteiger partial charge in [-0.3, -0.25) is 4.90 Å². The van der Waals surface area contributed by atoms with Gasteiger partial charge in [0.25, 0.3) is 0 Å². The average molecular weight is 377 g/mol. The molecule has 0 N–H and O–H groups in total. The van der Waals surface area contributed by atoms with E-state index in [2.05, 4.69) is 10.1 Å². The average Bonchev–Trinajstić information content (AvgIpc) is 3.44. The molecular formula is C20H16FN5O2. The summed E-state index contributed by atoms with van der Waals surface area (Å²) >= 11 is 0. The quantitative estimate of drug-likeness (QED) is 0.545. The van der Waals surface area contributed by atoms with Crippen LogP contribution in [-0.4, -0.2) is 38.8 Å². The zero-order chi connectivity index (χ0) is 19.1. The summed E-state index contributed by atoms with van der Waals surface area (Å²) in [4.78, 5) is 20.4. The molecule has 5 rings (SSSR count). The van der Waals surface area contributed by atoms with Gasteiger partial charge in [0.15, 0.2) is 0 Å². The number of carbonyl (C=O) groups excluding carboxylic acids is 1. The van der Waals surface area contributed by atoms with Crippen LogP contribution < -0.4 is 4.90 Å². The van der Waals surface area contributed by atoms with E-state index in [4.69, 9.17) is 4.42 Å². The molecule has 4 aromatic rings. The highest BCUT2D eigenvalue weighted by atomic mass is 19.1. The van der Waals surface area contributed by atoms with Crippen LogP contribution >= 0.6 is 0 Å². The van der Waals surface area contributed by atoms with Crippen LogP contribution in [0.2, 0.25) is 0 Å². The van der Waals surface area contributed by atoms with Crippen molar-refractivity contribution in [2.24, 2.45) is 0 Å². The third-order valence-electron chi connectivity index (χ3n) is 4.87. The van der Waals surface area contributed by atoms with Crippen molar-refractivity contribution >= 4 is 22.6 Å². The van der Waals surface area contributed by atoms with Gasteiger partial charge in [-0.1, -0.05) is 18.2 Å². The van der Waals surface area contributed by atoms with Gasteiger partial charge in [0.05, 0.1) is 30.1 Å². The van der Waals surface area contributed by atoms with Gasteiger partial charge >= 0.3 is 6.03 Å². The number of aromatic nitrogens is 3. The summed E-state index contributed by atoms with van der Waals surface area (Å²) in [5.74, 6) is 0.146. The number of urea groups is 1. The van der Waals surface area contributed by atoms with Gasteiger partial charge in [-0.15, -0.1) is 0 Å². The second kappa shape index (κ2) is 6.49. The van der Waals surface area contributed by atoms with Gasteiger partial charge in [-0.25, -0.2) is 18.9 Å². The molecule has 2 aromatic carbocycles. The molecule has 0 unspecified atom stereocenters. The topological polar surface area (TPSA) is 67.4 Å². The molecular weight excluding hydrogens is 361 g/mol. The first kappa shape index (κ1) is 16.5.